The molecule has 57 heavy (non-hydrogen) atoms. The molecule has 5 rings (SSSR count). The number of methoxy groups -OCH3 is 1. The van der Waals surface area contributed by atoms with Crippen molar-refractivity contribution in [2.45, 2.75) is 146 Å². The first-order valence-corrected chi connectivity index (χ1v) is 21.8. The van der Waals surface area contributed by atoms with Crippen LogP contribution in [0.2, 0.25) is 0 Å². The van der Waals surface area contributed by atoms with E-state index in [-0.39, 0.29) is 24.8 Å². The second kappa shape index (κ2) is 22.6. The zero-order valence-corrected chi connectivity index (χ0v) is 34.9. The zero-order valence-electron chi connectivity index (χ0n) is 34.9. The third kappa shape index (κ3) is 13.8. The number of morpholine rings is 1. The Morgan fingerprint density at radius 1 is 0.754 bits per heavy atom. The van der Waals surface area contributed by atoms with Crippen molar-refractivity contribution in [2.24, 2.45) is 5.41 Å². The Labute approximate surface area is 341 Å². The van der Waals surface area contributed by atoms with Gasteiger partial charge in [0.15, 0.2) is 0 Å². The topological polar surface area (TPSA) is 142 Å². The van der Waals surface area contributed by atoms with Crippen LogP contribution in [0.1, 0.15) is 115 Å². The minimum atomic E-state index is -0.952. The predicted molar refractivity (Wildman–Crippen MR) is 223 cm³/mol. The number of amides is 3. The summed E-state index contributed by atoms with van der Waals surface area (Å²) in [6, 6.07) is 15.4. The maximum Gasteiger partial charge on any atom is 0.243 e. The highest BCUT2D eigenvalue weighted by Crippen LogP contribution is 2.48. The van der Waals surface area contributed by atoms with Crippen molar-refractivity contribution in [2.75, 3.05) is 46.6 Å². The van der Waals surface area contributed by atoms with Gasteiger partial charge >= 0.3 is 0 Å². The van der Waals surface area contributed by atoms with E-state index < -0.39 is 41.2 Å². The number of hydrogen-bond donors (Lipinski definition) is 4. The summed E-state index contributed by atoms with van der Waals surface area (Å²) in [5, 5.41) is 21.9. The van der Waals surface area contributed by atoms with Crippen molar-refractivity contribution in [3.8, 4) is 5.75 Å². The van der Waals surface area contributed by atoms with Crippen LogP contribution >= 0.6 is 0 Å². The molecule has 1 aliphatic carbocycles. The molecule has 3 aliphatic rings. The Kier molecular flexibility index (Phi) is 17.7. The molecular weight excluding hydrogens is 721 g/mol. The van der Waals surface area contributed by atoms with Gasteiger partial charge in [0.05, 0.1) is 39.6 Å². The van der Waals surface area contributed by atoms with Crippen LogP contribution in [0.25, 0.3) is 0 Å². The number of nitrogens with one attached hydrogen (secondary N) is 3. The van der Waals surface area contributed by atoms with Crippen molar-refractivity contribution >= 4 is 17.7 Å². The maximum absolute atomic E-state index is 14.9. The molecule has 5 atom stereocenters. The maximum atomic E-state index is 14.9. The highest BCUT2D eigenvalue weighted by molar-refractivity contribution is 5.92. The number of carbonyl (C=O) groups excluding carboxylic acids is 3. The Morgan fingerprint density at radius 2 is 1.30 bits per heavy atom. The second-order valence-electron chi connectivity index (χ2n) is 17.0. The summed E-state index contributed by atoms with van der Waals surface area (Å²) in [5.41, 5.74) is 0.558. The third-order valence-electron chi connectivity index (χ3n) is 12.5. The molecule has 3 fully saturated rings. The van der Waals surface area contributed by atoms with E-state index in [0.29, 0.717) is 45.1 Å². The SMILES string of the molecule is COc1ccc(C[C@H](NC(=O)[C@H](C)NC(=O)CN2CCOCC2)C(=O)N[C@@H](Cc2ccccc2)C2(C(O)[C@@]3(C)CO3)CCCCCCCCCCCCCC2)cc1. The molecule has 316 valence electrons. The van der Waals surface area contributed by atoms with E-state index in [4.69, 9.17) is 14.2 Å². The minimum Gasteiger partial charge on any atom is -0.497 e. The van der Waals surface area contributed by atoms with Gasteiger partial charge in [0.1, 0.15) is 23.4 Å². The van der Waals surface area contributed by atoms with Gasteiger partial charge in [-0.3, -0.25) is 19.3 Å². The summed E-state index contributed by atoms with van der Waals surface area (Å²) in [7, 11) is 1.61. The third-order valence-corrected chi connectivity index (χ3v) is 12.5. The second-order valence-corrected chi connectivity index (χ2v) is 17.0. The van der Waals surface area contributed by atoms with Gasteiger partial charge in [-0.25, -0.2) is 0 Å². The van der Waals surface area contributed by atoms with Gasteiger partial charge in [-0.05, 0) is 56.4 Å². The molecule has 2 heterocycles. The standard InChI is InChI=1S/C46H70N4O7/c1-35(47-41(51)33-50-27-29-56-30-28-50)42(52)48-39(31-37-21-23-38(55-3)24-22-37)43(53)49-40(32-36-19-15-14-16-20-36)46(44(54)45(2)34-57-45)25-17-12-10-8-6-4-5-7-9-11-13-18-26-46/h14-16,19-24,35,39-40,44,54H,4-13,17-18,25-34H2,1-3H3,(H,47,51)(H,48,52)(H,49,53)/t35-,39-,40-,44?,45+/m0/s1. The van der Waals surface area contributed by atoms with Gasteiger partial charge < -0.3 is 35.3 Å². The zero-order chi connectivity index (χ0) is 40.5. The molecule has 4 N–H and O–H groups in total. The average Bonchev–Trinajstić information content (AvgIpc) is 3.98. The molecule has 2 aromatic carbocycles. The van der Waals surface area contributed by atoms with Gasteiger partial charge in [0.25, 0.3) is 0 Å². The summed E-state index contributed by atoms with van der Waals surface area (Å²) in [6.07, 6.45) is 15.4. The number of carbonyl (C=O) groups is 3. The Morgan fingerprint density at radius 3 is 1.84 bits per heavy atom. The van der Waals surface area contributed by atoms with Crippen molar-refractivity contribution < 1.29 is 33.7 Å². The van der Waals surface area contributed by atoms with E-state index in [0.717, 1.165) is 62.5 Å². The number of epoxide rings is 1. The number of aliphatic hydroxyl groups excluding tert-OH is 1. The summed E-state index contributed by atoms with van der Waals surface area (Å²) in [6.45, 7) is 6.75. The summed E-state index contributed by atoms with van der Waals surface area (Å²) in [4.78, 5) is 43.7. The highest BCUT2D eigenvalue weighted by Gasteiger charge is 2.58. The lowest BCUT2D eigenvalue weighted by Crippen LogP contribution is -2.62. The lowest BCUT2D eigenvalue weighted by Gasteiger charge is -2.47. The van der Waals surface area contributed by atoms with Crippen LogP contribution in [0, 0.1) is 5.41 Å². The van der Waals surface area contributed by atoms with Crippen LogP contribution in [0.15, 0.2) is 54.6 Å². The molecule has 2 aliphatic heterocycles. The Bertz CT molecular complexity index is 1500. The monoisotopic (exact) mass is 791 g/mol. The lowest BCUT2D eigenvalue weighted by molar-refractivity contribution is -0.133. The van der Waals surface area contributed by atoms with Gasteiger partial charge in [0, 0.05) is 31.0 Å². The number of aliphatic hydroxyl groups is 1. The Hall–Kier alpha value is -3.51. The normalized spacial score (nSPS) is 23.3. The number of nitrogens with zero attached hydrogens (tertiary/aromatic N) is 1. The quantitative estimate of drug-likeness (QED) is 0.164. The van der Waals surface area contributed by atoms with E-state index in [9.17, 15) is 19.5 Å². The van der Waals surface area contributed by atoms with Crippen LogP contribution in [-0.2, 0) is 36.7 Å². The highest BCUT2D eigenvalue weighted by atomic mass is 16.6. The molecule has 1 saturated carbocycles. The molecule has 2 saturated heterocycles. The molecule has 1 unspecified atom stereocenters. The molecule has 11 heteroatoms. The molecule has 0 aromatic heterocycles. The van der Waals surface area contributed by atoms with Crippen LogP contribution in [0.3, 0.4) is 0 Å². The van der Waals surface area contributed by atoms with Crippen molar-refractivity contribution in [3.05, 3.63) is 65.7 Å². The number of benzene rings is 2. The van der Waals surface area contributed by atoms with Crippen molar-refractivity contribution in [3.63, 3.8) is 0 Å². The smallest absolute Gasteiger partial charge is 0.243 e. The summed E-state index contributed by atoms with van der Waals surface area (Å²) in [5.74, 6) is -0.327. The summed E-state index contributed by atoms with van der Waals surface area (Å²) < 4.78 is 16.8. The fourth-order valence-electron chi connectivity index (χ4n) is 8.83. The molecule has 11 nitrogen and oxygen atoms in total. The van der Waals surface area contributed by atoms with Crippen LogP contribution < -0.4 is 20.7 Å². The lowest BCUT2D eigenvalue weighted by atomic mass is 9.63. The fraction of sp³-hybridized carbons (Fsp3) is 0.674. The first kappa shape index (κ1) is 44.6. The summed E-state index contributed by atoms with van der Waals surface area (Å²) >= 11 is 0. The van der Waals surface area contributed by atoms with E-state index in [1.807, 2.05) is 54.3 Å². The van der Waals surface area contributed by atoms with Gasteiger partial charge in [-0.15, -0.1) is 0 Å². The van der Waals surface area contributed by atoms with Gasteiger partial charge in [-0.1, -0.05) is 120 Å². The molecular formula is C46H70N4O7. The van der Waals surface area contributed by atoms with Crippen LogP contribution in [-0.4, -0.2) is 104 Å². The fourth-order valence-corrected chi connectivity index (χ4v) is 8.83. The minimum absolute atomic E-state index is 0.172. The Balaban J connectivity index is 1.44. The number of ether oxygens (including phenoxy) is 3. The molecule has 0 bridgehead atoms. The molecule has 3 amide bonds. The first-order valence-electron chi connectivity index (χ1n) is 21.8. The van der Waals surface area contributed by atoms with E-state index in [1.165, 1.54) is 38.5 Å². The van der Waals surface area contributed by atoms with Gasteiger partial charge in [0.2, 0.25) is 17.7 Å². The average molecular weight is 791 g/mol. The number of hydrogen-bond acceptors (Lipinski definition) is 8. The first-order chi connectivity index (χ1) is 27.6. The number of rotatable bonds is 15. The largest absolute Gasteiger partial charge is 0.497 e. The van der Waals surface area contributed by atoms with Crippen molar-refractivity contribution in [1.29, 1.82) is 0 Å². The van der Waals surface area contributed by atoms with Crippen LogP contribution in [0.5, 0.6) is 5.75 Å². The van der Waals surface area contributed by atoms with E-state index >= 15 is 0 Å². The molecule has 2 aromatic rings. The van der Waals surface area contributed by atoms with Crippen LogP contribution in [0.4, 0.5) is 0 Å². The molecule has 0 radical (unpaired) electrons. The van der Waals surface area contributed by atoms with E-state index in [2.05, 4.69) is 28.1 Å². The predicted octanol–water partition coefficient (Wildman–Crippen LogP) is 5.90. The molecule has 0 spiro atoms. The van der Waals surface area contributed by atoms with Crippen molar-refractivity contribution in [1.82, 2.24) is 20.9 Å². The van der Waals surface area contributed by atoms with E-state index in [1.54, 1.807) is 14.0 Å². The van der Waals surface area contributed by atoms with Gasteiger partial charge in [-0.2, -0.15) is 0 Å².